The molecule has 0 unspecified atom stereocenters. The van der Waals surface area contributed by atoms with Gasteiger partial charge in [-0.25, -0.2) is 17.6 Å². The van der Waals surface area contributed by atoms with Crippen LogP contribution >= 0.6 is 0 Å². The smallest absolute Gasteiger partial charge is 0.349 e. The molecule has 0 atom stereocenters. The van der Waals surface area contributed by atoms with Gasteiger partial charge >= 0.3 is 48.4 Å². The van der Waals surface area contributed by atoms with Gasteiger partial charge in [0.15, 0.2) is 0 Å². The van der Waals surface area contributed by atoms with Crippen molar-refractivity contribution in [1.82, 2.24) is 0 Å². The first-order valence-electron chi connectivity index (χ1n) is 6.58. The molecule has 29 heavy (non-hydrogen) atoms. The van der Waals surface area contributed by atoms with Gasteiger partial charge in [0.25, 0.3) is 0 Å². The van der Waals surface area contributed by atoms with E-state index >= 15 is 0 Å². The molecule has 18 heteroatoms. The maximum Gasteiger partial charge on any atom is 0.380 e. The summed E-state index contributed by atoms with van der Waals surface area (Å²) in [5.74, 6) is -38.7. The van der Waals surface area contributed by atoms with Crippen LogP contribution in [0.2, 0.25) is 0 Å². The van der Waals surface area contributed by atoms with Gasteiger partial charge in [-0.05, 0) is 0 Å². The summed E-state index contributed by atoms with van der Waals surface area (Å²) in [4.78, 5) is 0. The summed E-state index contributed by atoms with van der Waals surface area (Å²) in [5.41, 5.74) is 0. The van der Waals surface area contributed by atoms with E-state index < -0.39 is 68.4 Å². The summed E-state index contributed by atoms with van der Waals surface area (Å²) < 4.78 is 207. The van der Waals surface area contributed by atoms with Gasteiger partial charge in [0.2, 0.25) is 0 Å². The number of rotatable bonds is 12. The fourth-order valence-corrected chi connectivity index (χ4v) is 1.34. The van der Waals surface area contributed by atoms with Crippen molar-refractivity contribution in [3.05, 3.63) is 0 Å². The van der Waals surface area contributed by atoms with E-state index in [1.54, 1.807) is 0 Å². The van der Waals surface area contributed by atoms with E-state index in [9.17, 15) is 70.2 Å². The highest BCUT2D eigenvalue weighted by Crippen LogP contribution is 2.49. The highest BCUT2D eigenvalue weighted by Gasteiger charge is 2.76. The Labute approximate surface area is 149 Å². The lowest BCUT2D eigenvalue weighted by molar-refractivity contribution is -0.355. The third-order valence-corrected chi connectivity index (χ3v) is 3.04. The summed E-state index contributed by atoms with van der Waals surface area (Å²) in [6.45, 7) is -7.91. The Balaban J connectivity index is 4.92. The first kappa shape index (κ1) is 27.8. The molecule has 0 saturated heterocycles. The van der Waals surface area contributed by atoms with Crippen molar-refractivity contribution >= 4 is 0 Å². The zero-order chi connectivity index (χ0) is 23.7. The average Bonchev–Trinajstić information content (AvgIpc) is 2.53. The average molecular weight is 476 g/mol. The van der Waals surface area contributed by atoms with Crippen LogP contribution in [0.5, 0.6) is 0 Å². The molecule has 0 heterocycles. The molecule has 2 nitrogen and oxygen atoms in total. The van der Waals surface area contributed by atoms with E-state index in [1.165, 1.54) is 0 Å². The van der Waals surface area contributed by atoms with Crippen LogP contribution in [-0.4, -0.2) is 68.4 Å². The van der Waals surface area contributed by atoms with Gasteiger partial charge in [-0.3, -0.25) is 0 Å². The maximum absolute atomic E-state index is 13.0. The van der Waals surface area contributed by atoms with Crippen molar-refractivity contribution in [1.29, 1.82) is 0 Å². The molecule has 0 aromatic rings. The lowest BCUT2D eigenvalue weighted by Gasteiger charge is -2.32. The van der Waals surface area contributed by atoms with Crippen molar-refractivity contribution in [3.8, 4) is 0 Å². The molecule has 0 fully saturated rings. The van der Waals surface area contributed by atoms with E-state index in [2.05, 4.69) is 9.47 Å². The van der Waals surface area contributed by atoms with Gasteiger partial charge in [-0.2, -0.15) is 52.7 Å². The first-order valence-corrected chi connectivity index (χ1v) is 6.58. The summed E-state index contributed by atoms with van der Waals surface area (Å²) in [6, 6.07) is 0. The Kier molecular flexibility index (Phi) is 8.15. The van der Waals surface area contributed by atoms with Crippen molar-refractivity contribution < 1.29 is 79.7 Å². The minimum Gasteiger partial charge on any atom is -0.349 e. The predicted octanol–water partition coefficient (Wildman–Crippen LogP) is 5.32. The van der Waals surface area contributed by atoms with E-state index in [4.69, 9.17) is 0 Å². The zero-order valence-corrected chi connectivity index (χ0v) is 13.1. The summed E-state index contributed by atoms with van der Waals surface area (Å²) in [7, 11) is 0. The van der Waals surface area contributed by atoms with E-state index in [0.29, 0.717) is 0 Å². The Morgan fingerprint density at radius 2 is 0.724 bits per heavy atom. The van der Waals surface area contributed by atoms with Crippen LogP contribution in [0.4, 0.5) is 70.2 Å². The number of hydrogen-bond acceptors (Lipinski definition) is 2. The molecular formula is C11H8F16O2. The molecule has 0 bridgehead atoms. The fraction of sp³-hybridized carbons (Fsp3) is 1.00. The molecule has 0 aliphatic heterocycles. The Bertz CT molecular complexity index is 485. The summed E-state index contributed by atoms with van der Waals surface area (Å²) in [5, 5.41) is 0. The Hall–Kier alpha value is -1.20. The molecule has 0 rings (SSSR count). The van der Waals surface area contributed by atoms with Crippen molar-refractivity contribution in [2.75, 3.05) is 20.0 Å². The topological polar surface area (TPSA) is 18.5 Å². The second kappa shape index (κ2) is 8.50. The third kappa shape index (κ3) is 5.11. The number of hydrogen-bond donors (Lipinski definition) is 0. The third-order valence-electron chi connectivity index (χ3n) is 3.04. The number of ether oxygens (including phenoxy) is 2. The predicted molar refractivity (Wildman–Crippen MR) is 58.5 cm³/mol. The summed E-state index contributed by atoms with van der Waals surface area (Å²) >= 11 is 0. The van der Waals surface area contributed by atoms with Crippen LogP contribution in [0.25, 0.3) is 0 Å². The molecule has 0 saturated carbocycles. The number of halogens is 16. The van der Waals surface area contributed by atoms with Crippen LogP contribution in [0, 0.1) is 0 Å². The quantitative estimate of drug-likeness (QED) is 0.216. The molecule has 0 amide bonds. The second-order valence-corrected chi connectivity index (χ2v) is 5.22. The van der Waals surface area contributed by atoms with Crippen LogP contribution in [-0.2, 0) is 9.47 Å². The molecule has 0 spiro atoms. The van der Waals surface area contributed by atoms with Gasteiger partial charge in [-0.15, -0.1) is 0 Å². The van der Waals surface area contributed by atoms with E-state index in [1.807, 2.05) is 0 Å². The lowest BCUT2D eigenvalue weighted by atomic mass is 10.1. The molecule has 0 aromatic heterocycles. The maximum atomic E-state index is 13.0. The fourth-order valence-electron chi connectivity index (χ4n) is 1.34. The lowest BCUT2D eigenvalue weighted by Crippen LogP contribution is -2.59. The first-order chi connectivity index (χ1) is 12.6. The Morgan fingerprint density at radius 1 is 0.483 bits per heavy atom. The van der Waals surface area contributed by atoms with Gasteiger partial charge in [0.05, 0.1) is 0 Å². The van der Waals surface area contributed by atoms with Crippen LogP contribution < -0.4 is 0 Å². The normalized spacial score (nSPS) is 15.5. The van der Waals surface area contributed by atoms with E-state index in [0.717, 1.165) is 0 Å². The molecule has 176 valence electrons. The Morgan fingerprint density at radius 3 is 0.931 bits per heavy atom. The molecule has 0 aliphatic carbocycles. The van der Waals surface area contributed by atoms with Gasteiger partial charge < -0.3 is 9.47 Å². The highest BCUT2D eigenvalue weighted by atomic mass is 19.4. The largest absolute Gasteiger partial charge is 0.380 e. The van der Waals surface area contributed by atoms with Crippen LogP contribution in [0.3, 0.4) is 0 Å². The zero-order valence-electron chi connectivity index (χ0n) is 13.1. The minimum absolute atomic E-state index is 2.13. The summed E-state index contributed by atoms with van der Waals surface area (Å²) in [6.07, 6.45) is -10.5. The van der Waals surface area contributed by atoms with Crippen molar-refractivity contribution in [2.24, 2.45) is 0 Å². The van der Waals surface area contributed by atoms with Crippen molar-refractivity contribution in [3.63, 3.8) is 0 Å². The monoisotopic (exact) mass is 476 g/mol. The second-order valence-electron chi connectivity index (χ2n) is 5.22. The van der Waals surface area contributed by atoms with Crippen LogP contribution in [0.1, 0.15) is 0 Å². The molecule has 0 N–H and O–H groups in total. The van der Waals surface area contributed by atoms with Gasteiger partial charge in [-0.1, -0.05) is 0 Å². The highest BCUT2D eigenvalue weighted by molar-refractivity contribution is 4.98. The van der Waals surface area contributed by atoms with E-state index in [-0.39, 0.29) is 0 Å². The minimum atomic E-state index is -6.73. The molecule has 0 aromatic carbocycles. The molecular weight excluding hydrogens is 468 g/mol. The standard InChI is InChI=1S/C11H8F16O2/c12-4(13)8(20,21)10(24,25)6(16,17)1-28-3-29-2-7(18,19)11(26,27)9(22,23)5(14)15/h4-5H,1-3H2. The van der Waals surface area contributed by atoms with Crippen LogP contribution in [0.15, 0.2) is 0 Å². The van der Waals surface area contributed by atoms with Gasteiger partial charge in [0, 0.05) is 0 Å². The molecule has 0 aliphatic rings. The molecule has 0 radical (unpaired) electrons. The number of alkyl halides is 16. The van der Waals surface area contributed by atoms with Crippen molar-refractivity contribution in [2.45, 2.75) is 48.4 Å². The SMILES string of the molecule is FC(F)C(F)(F)C(F)(F)C(F)(F)COCOCC(F)(F)C(F)(F)C(F)(F)C(F)F. The van der Waals surface area contributed by atoms with Gasteiger partial charge in [0.1, 0.15) is 20.0 Å².